The third-order valence-corrected chi connectivity index (χ3v) is 7.37. The van der Waals surface area contributed by atoms with Crippen LogP contribution in [-0.2, 0) is 19.7 Å². The van der Waals surface area contributed by atoms with Crippen LogP contribution in [0, 0.1) is 6.92 Å². The highest BCUT2D eigenvalue weighted by Gasteiger charge is 2.35. The summed E-state index contributed by atoms with van der Waals surface area (Å²) in [5.41, 5.74) is 4.10. The van der Waals surface area contributed by atoms with Crippen molar-refractivity contribution >= 4 is 10.1 Å². The standard InChI is InChI=1S/C29H28O3S/c1-24-18-20-28(21-19-24)33(30,31)32-23-11-22-29(25-12-5-2-6-13-25,26-14-7-3-8-15-26)27-16-9-4-10-17-27/h2-10,12-21H,11,22-23H2,1H3. The average molecular weight is 457 g/mol. The molecule has 4 aromatic carbocycles. The topological polar surface area (TPSA) is 43.4 Å². The zero-order valence-corrected chi connectivity index (χ0v) is 19.5. The van der Waals surface area contributed by atoms with E-state index in [1.165, 1.54) is 16.7 Å². The van der Waals surface area contributed by atoms with Crippen LogP contribution in [0.3, 0.4) is 0 Å². The van der Waals surface area contributed by atoms with E-state index in [-0.39, 0.29) is 11.5 Å². The molecular weight excluding hydrogens is 428 g/mol. The molecule has 0 amide bonds. The molecule has 0 aliphatic carbocycles. The van der Waals surface area contributed by atoms with Crippen molar-refractivity contribution in [2.75, 3.05) is 6.61 Å². The smallest absolute Gasteiger partial charge is 0.266 e. The molecule has 4 rings (SSSR count). The van der Waals surface area contributed by atoms with Crippen molar-refractivity contribution in [2.45, 2.75) is 30.1 Å². The van der Waals surface area contributed by atoms with Crippen LogP contribution in [0.15, 0.2) is 120 Å². The van der Waals surface area contributed by atoms with Gasteiger partial charge in [0, 0.05) is 5.41 Å². The molecule has 0 aliphatic rings. The van der Waals surface area contributed by atoms with Gasteiger partial charge < -0.3 is 0 Å². The summed E-state index contributed by atoms with van der Waals surface area (Å²) in [6.07, 6.45) is 1.28. The molecule has 4 heteroatoms. The Morgan fingerprint density at radius 1 is 0.636 bits per heavy atom. The predicted octanol–water partition coefficient (Wildman–Crippen LogP) is 6.52. The van der Waals surface area contributed by atoms with Crippen LogP contribution in [0.5, 0.6) is 0 Å². The minimum atomic E-state index is -3.79. The third kappa shape index (κ3) is 5.08. The van der Waals surface area contributed by atoms with E-state index in [1.807, 2.05) is 61.5 Å². The van der Waals surface area contributed by atoms with Crippen LogP contribution in [-0.4, -0.2) is 15.0 Å². The second-order valence-electron chi connectivity index (χ2n) is 8.20. The molecule has 4 aromatic rings. The van der Waals surface area contributed by atoms with Crippen molar-refractivity contribution in [3.8, 4) is 0 Å². The molecule has 0 saturated heterocycles. The molecule has 0 N–H and O–H groups in total. The summed E-state index contributed by atoms with van der Waals surface area (Å²) in [5, 5.41) is 0. The minimum Gasteiger partial charge on any atom is -0.266 e. The lowest BCUT2D eigenvalue weighted by Gasteiger charge is -2.36. The van der Waals surface area contributed by atoms with Gasteiger partial charge >= 0.3 is 0 Å². The molecule has 33 heavy (non-hydrogen) atoms. The first-order valence-corrected chi connectivity index (χ1v) is 12.6. The molecule has 0 fully saturated rings. The van der Waals surface area contributed by atoms with Crippen molar-refractivity contribution in [2.24, 2.45) is 0 Å². The largest absolute Gasteiger partial charge is 0.296 e. The van der Waals surface area contributed by atoms with Gasteiger partial charge in [-0.15, -0.1) is 0 Å². The van der Waals surface area contributed by atoms with Gasteiger partial charge in [-0.25, -0.2) is 0 Å². The highest BCUT2D eigenvalue weighted by Crippen LogP contribution is 2.43. The van der Waals surface area contributed by atoms with Crippen molar-refractivity contribution in [1.82, 2.24) is 0 Å². The van der Waals surface area contributed by atoms with Crippen molar-refractivity contribution < 1.29 is 12.6 Å². The first-order chi connectivity index (χ1) is 16.0. The Morgan fingerprint density at radius 3 is 1.48 bits per heavy atom. The fourth-order valence-corrected chi connectivity index (χ4v) is 5.32. The molecule has 0 radical (unpaired) electrons. The first kappa shape index (κ1) is 23.0. The lowest BCUT2D eigenvalue weighted by molar-refractivity contribution is 0.299. The SMILES string of the molecule is Cc1ccc(S(=O)(=O)OCCCC(c2ccccc2)(c2ccccc2)c2ccccc2)cc1. The Kier molecular flexibility index (Phi) is 7.07. The second-order valence-corrected chi connectivity index (χ2v) is 9.81. The summed E-state index contributed by atoms with van der Waals surface area (Å²) in [6, 6.07) is 37.9. The van der Waals surface area contributed by atoms with Crippen LogP contribution in [0.25, 0.3) is 0 Å². The van der Waals surface area contributed by atoms with Crippen molar-refractivity contribution in [3.05, 3.63) is 138 Å². The van der Waals surface area contributed by atoms with Gasteiger partial charge in [0.2, 0.25) is 0 Å². The van der Waals surface area contributed by atoms with Gasteiger partial charge in [-0.1, -0.05) is 109 Å². The van der Waals surface area contributed by atoms with Crippen LogP contribution >= 0.6 is 0 Å². The second kappa shape index (κ2) is 10.2. The predicted molar refractivity (Wildman–Crippen MR) is 133 cm³/mol. The van der Waals surface area contributed by atoms with E-state index in [4.69, 9.17) is 4.18 Å². The van der Waals surface area contributed by atoms with E-state index in [2.05, 4.69) is 36.4 Å². The van der Waals surface area contributed by atoms with Crippen LogP contribution in [0.1, 0.15) is 35.1 Å². The molecule has 0 saturated carbocycles. The summed E-state index contributed by atoms with van der Waals surface area (Å²) in [6.45, 7) is 2.04. The van der Waals surface area contributed by atoms with Crippen LogP contribution in [0.4, 0.5) is 0 Å². The summed E-state index contributed by atoms with van der Waals surface area (Å²) < 4.78 is 30.7. The minimum absolute atomic E-state index is 0.116. The Balaban J connectivity index is 1.64. The van der Waals surface area contributed by atoms with E-state index >= 15 is 0 Å². The van der Waals surface area contributed by atoms with Crippen LogP contribution in [0.2, 0.25) is 0 Å². The van der Waals surface area contributed by atoms with E-state index in [1.54, 1.807) is 24.3 Å². The van der Waals surface area contributed by atoms with E-state index in [9.17, 15) is 8.42 Å². The molecule has 0 spiro atoms. The summed E-state index contributed by atoms with van der Waals surface area (Å²) >= 11 is 0. The quantitative estimate of drug-likeness (QED) is 0.164. The summed E-state index contributed by atoms with van der Waals surface area (Å²) in [5.74, 6) is 0. The van der Waals surface area contributed by atoms with Gasteiger partial charge in [0.25, 0.3) is 10.1 Å². The molecule has 0 aliphatic heterocycles. The number of hydrogen-bond acceptors (Lipinski definition) is 3. The van der Waals surface area contributed by atoms with E-state index < -0.39 is 15.5 Å². The summed E-state index contributed by atoms with van der Waals surface area (Å²) in [7, 11) is -3.79. The molecule has 0 atom stereocenters. The van der Waals surface area contributed by atoms with Gasteiger partial charge in [0.15, 0.2) is 0 Å². The molecule has 0 aromatic heterocycles. The van der Waals surface area contributed by atoms with E-state index in [0.717, 1.165) is 5.56 Å². The zero-order valence-electron chi connectivity index (χ0n) is 18.7. The van der Waals surface area contributed by atoms with Gasteiger partial charge in [-0.2, -0.15) is 8.42 Å². The van der Waals surface area contributed by atoms with Gasteiger partial charge in [0.1, 0.15) is 0 Å². The Hall–Kier alpha value is -3.21. The molecule has 0 heterocycles. The first-order valence-electron chi connectivity index (χ1n) is 11.1. The highest BCUT2D eigenvalue weighted by molar-refractivity contribution is 7.86. The maximum atomic E-state index is 12.7. The van der Waals surface area contributed by atoms with Gasteiger partial charge in [0.05, 0.1) is 11.5 Å². The monoisotopic (exact) mass is 456 g/mol. The summed E-state index contributed by atoms with van der Waals surface area (Å²) in [4.78, 5) is 0.188. The highest BCUT2D eigenvalue weighted by atomic mass is 32.2. The van der Waals surface area contributed by atoms with E-state index in [0.29, 0.717) is 12.8 Å². The molecule has 168 valence electrons. The maximum absolute atomic E-state index is 12.7. The van der Waals surface area contributed by atoms with Gasteiger partial charge in [-0.05, 0) is 48.6 Å². The maximum Gasteiger partial charge on any atom is 0.296 e. The Labute approximate surface area is 196 Å². The Bertz CT molecular complexity index is 1150. The fourth-order valence-electron chi connectivity index (χ4n) is 4.38. The fraction of sp³-hybridized carbons (Fsp3) is 0.172. The molecular formula is C29H28O3S. The molecule has 3 nitrogen and oxygen atoms in total. The normalized spacial score (nSPS) is 11.9. The van der Waals surface area contributed by atoms with Gasteiger partial charge in [-0.3, -0.25) is 4.18 Å². The lowest BCUT2D eigenvalue weighted by atomic mass is 9.67. The van der Waals surface area contributed by atoms with Crippen LogP contribution < -0.4 is 0 Å². The number of hydrogen-bond donors (Lipinski definition) is 0. The number of benzene rings is 4. The molecule has 0 unspecified atom stereocenters. The van der Waals surface area contributed by atoms with Crippen molar-refractivity contribution in [3.63, 3.8) is 0 Å². The van der Waals surface area contributed by atoms with Crippen molar-refractivity contribution in [1.29, 1.82) is 0 Å². The zero-order chi connectivity index (χ0) is 23.2. The lowest BCUT2D eigenvalue weighted by Crippen LogP contribution is -2.30. The third-order valence-electron chi connectivity index (χ3n) is 6.04. The number of aryl methyl sites for hydroxylation is 1. The number of rotatable bonds is 9. The molecule has 0 bridgehead atoms. The average Bonchev–Trinajstić information content (AvgIpc) is 2.86. The Morgan fingerprint density at radius 2 is 1.06 bits per heavy atom.